The second kappa shape index (κ2) is 4.18. The highest BCUT2D eigenvalue weighted by Gasteiger charge is 2.17. The first-order valence-corrected chi connectivity index (χ1v) is 3.73. The van der Waals surface area contributed by atoms with Gasteiger partial charge in [-0.15, -0.1) is 0 Å². The van der Waals surface area contributed by atoms with E-state index in [0.717, 1.165) is 0 Å². The molecule has 0 bridgehead atoms. The molecule has 0 atom stereocenters. The van der Waals surface area contributed by atoms with E-state index in [1.807, 2.05) is 0 Å². The molecule has 0 radical (unpaired) electrons. The Kier molecular flexibility index (Phi) is 2.96. The van der Waals surface area contributed by atoms with E-state index in [9.17, 15) is 14.4 Å². The number of ketones is 1. The maximum Gasteiger partial charge on any atom is 0.377 e. The number of carboxylic acid groups (broad SMARTS) is 1. The number of hydrogen-bond acceptors (Lipinski definition) is 3. The highest BCUT2D eigenvalue weighted by Crippen LogP contribution is 2.14. The molecule has 0 saturated heterocycles. The van der Waals surface area contributed by atoms with Gasteiger partial charge in [0.05, 0.1) is 11.3 Å². The van der Waals surface area contributed by atoms with Crippen molar-refractivity contribution in [2.75, 3.05) is 5.32 Å². The fourth-order valence-corrected chi connectivity index (χ4v) is 0.986. The zero-order valence-electron chi connectivity index (χ0n) is 7.06. The van der Waals surface area contributed by atoms with Crippen molar-refractivity contribution in [3.8, 4) is 0 Å². The van der Waals surface area contributed by atoms with E-state index in [0.29, 0.717) is 6.41 Å². The van der Waals surface area contributed by atoms with Gasteiger partial charge in [0.25, 0.3) is 5.78 Å². The predicted molar refractivity (Wildman–Crippen MR) is 48.1 cm³/mol. The number of carbonyl (C=O) groups is 3. The fraction of sp³-hybridized carbons (Fsp3) is 0. The summed E-state index contributed by atoms with van der Waals surface area (Å²) in [6, 6.07) is 5.89. The van der Waals surface area contributed by atoms with Crippen molar-refractivity contribution < 1.29 is 19.5 Å². The molecule has 2 N–H and O–H groups in total. The lowest BCUT2D eigenvalue weighted by Gasteiger charge is -2.03. The number of amides is 1. The molecule has 1 amide bonds. The van der Waals surface area contributed by atoms with Gasteiger partial charge in [-0.05, 0) is 12.1 Å². The van der Waals surface area contributed by atoms with Gasteiger partial charge in [-0.2, -0.15) is 0 Å². The second-order valence-corrected chi connectivity index (χ2v) is 2.44. The molecule has 0 aliphatic heterocycles. The summed E-state index contributed by atoms with van der Waals surface area (Å²) in [7, 11) is 0. The van der Waals surface area contributed by atoms with Gasteiger partial charge in [-0.25, -0.2) is 4.79 Å². The van der Waals surface area contributed by atoms with Crippen molar-refractivity contribution in [2.45, 2.75) is 0 Å². The van der Waals surface area contributed by atoms with Crippen molar-refractivity contribution >= 4 is 23.9 Å². The van der Waals surface area contributed by atoms with Gasteiger partial charge >= 0.3 is 5.97 Å². The quantitative estimate of drug-likeness (QED) is 0.415. The maximum absolute atomic E-state index is 11.1. The number of benzene rings is 1. The summed E-state index contributed by atoms with van der Waals surface area (Å²) >= 11 is 0. The van der Waals surface area contributed by atoms with Crippen LogP contribution in [0.5, 0.6) is 0 Å². The number of carbonyl (C=O) groups excluding carboxylic acids is 2. The smallest absolute Gasteiger partial charge is 0.377 e. The van der Waals surface area contributed by atoms with E-state index in [1.165, 1.54) is 18.2 Å². The van der Waals surface area contributed by atoms with Crippen molar-refractivity contribution in [1.82, 2.24) is 0 Å². The number of nitrogens with one attached hydrogen (secondary N) is 1. The molecular weight excluding hydrogens is 186 g/mol. The molecule has 0 aromatic heterocycles. The molecule has 0 spiro atoms. The number of rotatable bonds is 4. The van der Waals surface area contributed by atoms with Gasteiger partial charge in [-0.1, -0.05) is 12.1 Å². The molecule has 5 heteroatoms. The molecule has 0 saturated carbocycles. The van der Waals surface area contributed by atoms with Crippen molar-refractivity contribution in [1.29, 1.82) is 0 Å². The Labute approximate surface area is 79.4 Å². The monoisotopic (exact) mass is 193 g/mol. The molecular formula is C9H7NO4. The molecule has 0 fully saturated rings. The van der Waals surface area contributed by atoms with Crippen LogP contribution in [-0.4, -0.2) is 23.3 Å². The Bertz CT molecular complexity index is 386. The molecule has 5 nitrogen and oxygen atoms in total. The number of Topliss-reactive ketones (excluding diaryl/α,β-unsaturated/α-hetero) is 1. The Morgan fingerprint density at radius 3 is 2.50 bits per heavy atom. The number of carboxylic acids is 1. The lowest BCUT2D eigenvalue weighted by Crippen LogP contribution is -2.14. The van der Waals surface area contributed by atoms with Gasteiger partial charge in [0, 0.05) is 0 Å². The maximum atomic E-state index is 11.1. The number of para-hydroxylation sites is 1. The topological polar surface area (TPSA) is 83.5 Å². The average Bonchev–Trinajstić information content (AvgIpc) is 2.18. The van der Waals surface area contributed by atoms with Crippen LogP contribution in [0.2, 0.25) is 0 Å². The first-order chi connectivity index (χ1) is 6.66. The number of aliphatic carboxylic acids is 1. The van der Waals surface area contributed by atoms with E-state index in [-0.39, 0.29) is 11.3 Å². The van der Waals surface area contributed by atoms with Crippen LogP contribution < -0.4 is 5.32 Å². The minimum Gasteiger partial charge on any atom is -0.475 e. The third-order valence-corrected chi connectivity index (χ3v) is 1.58. The average molecular weight is 193 g/mol. The third kappa shape index (κ3) is 1.95. The second-order valence-electron chi connectivity index (χ2n) is 2.44. The van der Waals surface area contributed by atoms with E-state index >= 15 is 0 Å². The normalized spacial score (nSPS) is 9.14. The molecule has 1 rings (SSSR count). The Morgan fingerprint density at radius 1 is 1.29 bits per heavy atom. The van der Waals surface area contributed by atoms with Crippen LogP contribution in [0.1, 0.15) is 10.4 Å². The summed E-state index contributed by atoms with van der Waals surface area (Å²) in [4.78, 5) is 31.6. The van der Waals surface area contributed by atoms with E-state index in [1.54, 1.807) is 6.07 Å². The van der Waals surface area contributed by atoms with Crippen LogP contribution in [0.25, 0.3) is 0 Å². The Morgan fingerprint density at radius 2 is 1.93 bits per heavy atom. The summed E-state index contributed by atoms with van der Waals surface area (Å²) < 4.78 is 0. The van der Waals surface area contributed by atoms with E-state index in [2.05, 4.69) is 5.32 Å². The molecule has 0 unspecified atom stereocenters. The van der Waals surface area contributed by atoms with Crippen LogP contribution in [0.3, 0.4) is 0 Å². The molecule has 1 aromatic carbocycles. The summed E-state index contributed by atoms with van der Waals surface area (Å²) in [6.45, 7) is 0. The highest BCUT2D eigenvalue weighted by molar-refractivity contribution is 6.41. The first-order valence-electron chi connectivity index (χ1n) is 3.73. The molecule has 1 aromatic rings. The van der Waals surface area contributed by atoms with Crippen LogP contribution in [0, 0.1) is 0 Å². The van der Waals surface area contributed by atoms with Crippen LogP contribution in [0.15, 0.2) is 24.3 Å². The molecule has 14 heavy (non-hydrogen) atoms. The van der Waals surface area contributed by atoms with Crippen molar-refractivity contribution in [3.63, 3.8) is 0 Å². The lowest BCUT2D eigenvalue weighted by atomic mass is 10.1. The largest absolute Gasteiger partial charge is 0.475 e. The summed E-state index contributed by atoms with van der Waals surface area (Å²) in [6.07, 6.45) is 0.383. The molecule has 72 valence electrons. The van der Waals surface area contributed by atoms with Crippen LogP contribution >= 0.6 is 0 Å². The minimum absolute atomic E-state index is 0.0351. The zero-order chi connectivity index (χ0) is 10.6. The van der Waals surface area contributed by atoms with Crippen molar-refractivity contribution in [3.05, 3.63) is 29.8 Å². The Hall–Kier alpha value is -2.17. The van der Waals surface area contributed by atoms with Crippen LogP contribution in [0.4, 0.5) is 5.69 Å². The summed E-state index contributed by atoms with van der Waals surface area (Å²) in [5.74, 6) is -2.60. The predicted octanol–water partition coefficient (Wildman–Crippen LogP) is 0.522. The summed E-state index contributed by atoms with van der Waals surface area (Å²) in [5, 5.41) is 10.7. The van der Waals surface area contributed by atoms with Gasteiger partial charge < -0.3 is 10.4 Å². The van der Waals surface area contributed by atoms with E-state index in [4.69, 9.17) is 5.11 Å². The lowest BCUT2D eigenvalue weighted by molar-refractivity contribution is -0.131. The SMILES string of the molecule is O=CNc1ccccc1C(=O)C(=O)O. The minimum atomic E-state index is -1.55. The Balaban J connectivity index is 3.12. The molecule has 0 aliphatic rings. The number of hydrogen-bond donors (Lipinski definition) is 2. The van der Waals surface area contributed by atoms with Gasteiger partial charge in [0.15, 0.2) is 0 Å². The number of anilines is 1. The summed E-state index contributed by atoms with van der Waals surface area (Å²) in [5.41, 5.74) is 0.155. The van der Waals surface area contributed by atoms with Crippen LogP contribution in [-0.2, 0) is 9.59 Å². The fourth-order valence-electron chi connectivity index (χ4n) is 0.986. The molecule has 0 aliphatic carbocycles. The van der Waals surface area contributed by atoms with Gasteiger partial charge in [0.1, 0.15) is 0 Å². The zero-order valence-corrected chi connectivity index (χ0v) is 7.06. The standard InChI is InChI=1S/C9H7NO4/c11-5-10-7-4-2-1-3-6(7)8(12)9(13)14/h1-5H,(H,10,11)(H,13,14). The van der Waals surface area contributed by atoms with Crippen molar-refractivity contribution in [2.24, 2.45) is 0 Å². The van der Waals surface area contributed by atoms with Gasteiger partial charge in [-0.3, -0.25) is 9.59 Å². The first kappa shape index (κ1) is 9.91. The van der Waals surface area contributed by atoms with Gasteiger partial charge in [0.2, 0.25) is 6.41 Å². The highest BCUT2D eigenvalue weighted by atomic mass is 16.4. The van der Waals surface area contributed by atoms with E-state index < -0.39 is 11.8 Å². The third-order valence-electron chi connectivity index (χ3n) is 1.58. The molecule has 0 heterocycles.